The molecule has 1 saturated carbocycles. The zero-order valence-electron chi connectivity index (χ0n) is 18.7. The van der Waals surface area contributed by atoms with Crippen molar-refractivity contribution >= 4 is 27.7 Å². The second kappa shape index (κ2) is 10.7. The van der Waals surface area contributed by atoms with E-state index in [0.717, 1.165) is 0 Å². The highest BCUT2D eigenvalue weighted by molar-refractivity contribution is 7.84. The number of hydrogen-bond donors (Lipinski definition) is 3. The van der Waals surface area contributed by atoms with E-state index in [1.165, 1.54) is 41.6 Å². The molecule has 0 saturated heterocycles. The SMILES string of the molecule is NS(=O)(=O)OC[C@H]1C[C@@H](Cc2ncncc2C(=O)c2ccn(Cc3ccc(Cl)cc3F)n2)[C@H](O)[C@@H]1O. The van der Waals surface area contributed by atoms with Crippen molar-refractivity contribution < 1.29 is 32.0 Å². The largest absolute Gasteiger partial charge is 0.390 e. The minimum Gasteiger partial charge on any atom is -0.390 e. The van der Waals surface area contributed by atoms with Gasteiger partial charge in [0.05, 0.1) is 36.6 Å². The Morgan fingerprint density at radius 2 is 2.00 bits per heavy atom. The number of ketones is 1. The molecule has 4 atom stereocenters. The molecular formula is C22H23ClFN5O6S. The standard InChI is InChI=1S/C22H23ClFN5O6S/c23-15-2-1-12(17(24)7-15)9-29-4-3-18(28-29)22(32)16-8-26-11-27-19(16)6-13-5-14(21(31)20(13)30)10-35-36(25,33)34/h1-4,7-8,11,13-14,20-21,30-31H,5-6,9-10H2,(H2,25,33,34)/t13-,14+,20-,21+/m0/s1. The lowest BCUT2D eigenvalue weighted by Crippen LogP contribution is -2.31. The number of carbonyl (C=O) groups is 1. The molecule has 11 nitrogen and oxygen atoms in total. The summed E-state index contributed by atoms with van der Waals surface area (Å²) in [6, 6.07) is 5.78. The number of carbonyl (C=O) groups excluding carboxylic acids is 1. The number of aliphatic hydroxyl groups excluding tert-OH is 2. The number of nitrogens with zero attached hydrogens (tertiary/aromatic N) is 4. The van der Waals surface area contributed by atoms with Gasteiger partial charge in [0.1, 0.15) is 17.8 Å². The molecule has 2 aromatic heterocycles. The molecular weight excluding hydrogens is 517 g/mol. The lowest BCUT2D eigenvalue weighted by molar-refractivity contribution is -0.00334. The van der Waals surface area contributed by atoms with Gasteiger partial charge in [-0.2, -0.15) is 13.5 Å². The van der Waals surface area contributed by atoms with Gasteiger partial charge < -0.3 is 10.2 Å². The molecule has 192 valence electrons. The minimum atomic E-state index is -4.19. The maximum Gasteiger partial charge on any atom is 0.333 e. The van der Waals surface area contributed by atoms with E-state index in [9.17, 15) is 27.8 Å². The van der Waals surface area contributed by atoms with E-state index in [0.29, 0.717) is 11.3 Å². The van der Waals surface area contributed by atoms with Gasteiger partial charge in [0.25, 0.3) is 0 Å². The van der Waals surface area contributed by atoms with Crippen molar-refractivity contribution in [3.63, 3.8) is 0 Å². The molecule has 1 aliphatic rings. The second-order valence-corrected chi connectivity index (χ2v) is 10.2. The van der Waals surface area contributed by atoms with Crippen LogP contribution in [0.2, 0.25) is 5.02 Å². The molecule has 0 bridgehead atoms. The first-order valence-corrected chi connectivity index (χ1v) is 12.7. The number of nitrogens with two attached hydrogens (primary N) is 1. The first kappa shape index (κ1) is 26.3. The summed E-state index contributed by atoms with van der Waals surface area (Å²) in [6.07, 6.45) is 2.04. The van der Waals surface area contributed by atoms with Gasteiger partial charge in [-0.15, -0.1) is 0 Å². The van der Waals surface area contributed by atoms with Crippen molar-refractivity contribution in [2.24, 2.45) is 17.0 Å². The van der Waals surface area contributed by atoms with Crippen LogP contribution in [0, 0.1) is 17.7 Å². The third-order valence-electron chi connectivity index (χ3n) is 6.08. The van der Waals surface area contributed by atoms with Crippen LogP contribution < -0.4 is 5.14 Å². The van der Waals surface area contributed by atoms with Crippen molar-refractivity contribution in [2.45, 2.75) is 31.6 Å². The van der Waals surface area contributed by atoms with Crippen LogP contribution in [0.15, 0.2) is 43.0 Å². The molecule has 1 fully saturated rings. The average molecular weight is 540 g/mol. The average Bonchev–Trinajstić information content (AvgIpc) is 3.39. The highest BCUT2D eigenvalue weighted by atomic mass is 35.5. The molecule has 0 unspecified atom stereocenters. The molecule has 4 N–H and O–H groups in total. The van der Waals surface area contributed by atoms with Crippen molar-refractivity contribution in [1.29, 1.82) is 0 Å². The van der Waals surface area contributed by atoms with Crippen molar-refractivity contribution in [3.8, 4) is 0 Å². The van der Waals surface area contributed by atoms with Crippen molar-refractivity contribution in [2.75, 3.05) is 6.61 Å². The lowest BCUT2D eigenvalue weighted by atomic mass is 9.95. The first-order valence-electron chi connectivity index (χ1n) is 10.9. The zero-order chi connectivity index (χ0) is 26.0. The van der Waals surface area contributed by atoms with E-state index in [2.05, 4.69) is 19.2 Å². The van der Waals surface area contributed by atoms with E-state index in [4.69, 9.17) is 16.7 Å². The Bertz CT molecular complexity index is 1370. The quantitative estimate of drug-likeness (QED) is 0.334. The molecule has 0 radical (unpaired) electrons. The Morgan fingerprint density at radius 1 is 1.25 bits per heavy atom. The highest BCUT2D eigenvalue weighted by Crippen LogP contribution is 2.35. The molecule has 14 heteroatoms. The van der Waals surface area contributed by atoms with Crippen LogP contribution in [0.4, 0.5) is 4.39 Å². The zero-order valence-corrected chi connectivity index (χ0v) is 20.3. The number of hydrogen-bond acceptors (Lipinski definition) is 9. The van der Waals surface area contributed by atoms with E-state index in [-0.39, 0.29) is 42.3 Å². The molecule has 1 aliphatic carbocycles. The predicted octanol–water partition coefficient (Wildman–Crippen LogP) is 0.865. The molecule has 0 spiro atoms. The molecule has 2 heterocycles. The van der Waals surface area contributed by atoms with Gasteiger partial charge in [-0.05, 0) is 37.0 Å². The van der Waals surface area contributed by atoms with Gasteiger partial charge in [-0.25, -0.2) is 19.5 Å². The van der Waals surface area contributed by atoms with Crippen LogP contribution >= 0.6 is 11.6 Å². The van der Waals surface area contributed by atoms with Crippen LogP contribution in [0.1, 0.15) is 33.7 Å². The number of benzene rings is 1. The third kappa shape index (κ3) is 6.11. The summed E-state index contributed by atoms with van der Waals surface area (Å²) in [7, 11) is -4.19. The van der Waals surface area contributed by atoms with E-state index < -0.39 is 45.9 Å². The molecule has 4 rings (SSSR count). The van der Waals surface area contributed by atoms with Gasteiger partial charge in [0.15, 0.2) is 0 Å². The van der Waals surface area contributed by atoms with Crippen molar-refractivity contribution in [1.82, 2.24) is 19.7 Å². The number of aliphatic hydroxyl groups is 2. The van der Waals surface area contributed by atoms with Gasteiger partial charge in [-0.1, -0.05) is 17.7 Å². The lowest BCUT2D eigenvalue weighted by Gasteiger charge is -2.17. The van der Waals surface area contributed by atoms with Crippen LogP contribution in [0.25, 0.3) is 0 Å². The molecule has 36 heavy (non-hydrogen) atoms. The van der Waals surface area contributed by atoms with Gasteiger partial charge in [0, 0.05) is 28.9 Å². The minimum absolute atomic E-state index is 0.0859. The first-order chi connectivity index (χ1) is 17.0. The molecule has 0 aliphatic heterocycles. The maximum absolute atomic E-state index is 14.1. The normalized spacial score (nSPS) is 22.1. The Hall–Kier alpha value is -2.81. The Morgan fingerprint density at radius 3 is 2.72 bits per heavy atom. The van der Waals surface area contributed by atoms with Crippen LogP contribution in [-0.4, -0.2) is 63.0 Å². The summed E-state index contributed by atoms with van der Waals surface area (Å²) in [5, 5.41) is 30.1. The summed E-state index contributed by atoms with van der Waals surface area (Å²) in [5.41, 5.74) is 0.927. The highest BCUT2D eigenvalue weighted by Gasteiger charge is 2.42. The van der Waals surface area contributed by atoms with Crippen LogP contribution in [0.5, 0.6) is 0 Å². The molecule has 1 aromatic carbocycles. The fraction of sp³-hybridized carbons (Fsp3) is 0.364. The fourth-order valence-corrected chi connectivity index (χ4v) is 4.79. The summed E-state index contributed by atoms with van der Waals surface area (Å²) in [6.45, 7) is -0.294. The van der Waals surface area contributed by atoms with Crippen molar-refractivity contribution in [3.05, 3.63) is 76.3 Å². The summed E-state index contributed by atoms with van der Waals surface area (Å²) in [4.78, 5) is 21.3. The summed E-state index contributed by atoms with van der Waals surface area (Å²) in [5.74, 6) is -2.16. The Kier molecular flexibility index (Phi) is 7.78. The summed E-state index contributed by atoms with van der Waals surface area (Å²) < 4.78 is 42.2. The van der Waals surface area contributed by atoms with Crippen LogP contribution in [-0.2, 0) is 27.5 Å². The summed E-state index contributed by atoms with van der Waals surface area (Å²) >= 11 is 5.78. The third-order valence-corrected chi connectivity index (χ3v) is 6.78. The molecule has 0 amide bonds. The van der Waals surface area contributed by atoms with E-state index >= 15 is 0 Å². The number of halogens is 2. The Labute approximate surface area is 211 Å². The van der Waals surface area contributed by atoms with Gasteiger partial charge in [-0.3, -0.25) is 13.7 Å². The van der Waals surface area contributed by atoms with E-state index in [1.54, 1.807) is 6.07 Å². The fourth-order valence-electron chi connectivity index (χ4n) is 4.27. The van der Waals surface area contributed by atoms with E-state index in [1.807, 2.05) is 0 Å². The topological polar surface area (TPSA) is 171 Å². The van der Waals surface area contributed by atoms with Crippen LogP contribution in [0.3, 0.4) is 0 Å². The van der Waals surface area contributed by atoms with Gasteiger partial charge >= 0.3 is 10.3 Å². The smallest absolute Gasteiger partial charge is 0.333 e. The predicted molar refractivity (Wildman–Crippen MR) is 125 cm³/mol. The molecule has 3 aromatic rings. The number of aromatic nitrogens is 4. The maximum atomic E-state index is 14.1. The monoisotopic (exact) mass is 539 g/mol. The second-order valence-electron chi connectivity index (χ2n) is 8.57. The van der Waals surface area contributed by atoms with Gasteiger partial charge in [0.2, 0.25) is 5.78 Å². The number of rotatable bonds is 9. The Balaban J connectivity index is 1.48.